The molecule has 1 fully saturated rings. The molecule has 1 amide bonds. The summed E-state index contributed by atoms with van der Waals surface area (Å²) >= 11 is 0. The van der Waals surface area contributed by atoms with E-state index in [0.717, 1.165) is 24.3 Å². The molecule has 0 saturated carbocycles. The molecule has 0 bridgehead atoms. The van der Waals surface area contributed by atoms with E-state index in [2.05, 4.69) is 20.2 Å². The summed E-state index contributed by atoms with van der Waals surface area (Å²) in [5, 5.41) is 2.84. The van der Waals surface area contributed by atoms with E-state index in [4.69, 9.17) is 4.74 Å². The number of nitrogens with one attached hydrogen (secondary N) is 1. The molecule has 2 aromatic rings. The molecule has 1 N–H and O–H groups in total. The van der Waals surface area contributed by atoms with Gasteiger partial charge in [0.25, 0.3) is 0 Å². The van der Waals surface area contributed by atoms with Gasteiger partial charge in [0.05, 0.1) is 25.5 Å². The minimum Gasteiger partial charge on any atom is -0.378 e. The van der Waals surface area contributed by atoms with Crippen LogP contribution in [0.3, 0.4) is 0 Å². The van der Waals surface area contributed by atoms with Gasteiger partial charge in [0.2, 0.25) is 11.9 Å². The van der Waals surface area contributed by atoms with E-state index in [0.29, 0.717) is 25.7 Å². The number of hydrogen-bond acceptors (Lipinski definition) is 5. The Hall–Kier alpha value is -2.73. The number of benzene rings is 1. The van der Waals surface area contributed by atoms with Gasteiger partial charge in [-0.15, -0.1) is 0 Å². The Kier molecular flexibility index (Phi) is 5.52. The van der Waals surface area contributed by atoms with Crippen LogP contribution in [0.2, 0.25) is 0 Å². The van der Waals surface area contributed by atoms with Crippen LogP contribution in [-0.2, 0) is 16.1 Å². The van der Waals surface area contributed by atoms with Crippen molar-refractivity contribution in [1.29, 1.82) is 0 Å². The first-order valence-corrected chi connectivity index (χ1v) is 7.97. The van der Waals surface area contributed by atoms with Gasteiger partial charge in [0.1, 0.15) is 0 Å². The molecule has 0 spiro atoms. The van der Waals surface area contributed by atoms with Gasteiger partial charge in [-0.05, 0) is 17.7 Å². The molecular weight excluding hydrogens is 304 g/mol. The number of carbonyl (C=O) groups excluding carboxylic acids is 1. The molecule has 1 aliphatic heterocycles. The molecule has 2 heterocycles. The second-order valence-corrected chi connectivity index (χ2v) is 5.41. The molecule has 3 rings (SSSR count). The average Bonchev–Trinajstić information content (AvgIpc) is 2.66. The highest BCUT2D eigenvalue weighted by Gasteiger charge is 2.13. The van der Waals surface area contributed by atoms with Crippen molar-refractivity contribution in [3.63, 3.8) is 0 Å². The third kappa shape index (κ3) is 4.63. The number of aromatic nitrogens is 2. The van der Waals surface area contributed by atoms with Gasteiger partial charge < -0.3 is 15.0 Å². The van der Waals surface area contributed by atoms with Crippen molar-refractivity contribution in [2.45, 2.75) is 6.54 Å². The first kappa shape index (κ1) is 16.1. The van der Waals surface area contributed by atoms with Gasteiger partial charge in [-0.2, -0.15) is 0 Å². The maximum absolute atomic E-state index is 11.9. The lowest BCUT2D eigenvalue weighted by Crippen LogP contribution is -2.37. The minimum absolute atomic E-state index is 0.148. The molecular formula is C18H20N4O2. The Morgan fingerprint density at radius 3 is 2.79 bits per heavy atom. The number of morpholine rings is 1. The molecule has 1 aliphatic rings. The minimum atomic E-state index is -0.148. The first-order chi connectivity index (χ1) is 11.8. The highest BCUT2D eigenvalue weighted by atomic mass is 16.5. The van der Waals surface area contributed by atoms with Gasteiger partial charge in [-0.25, -0.2) is 9.97 Å². The van der Waals surface area contributed by atoms with Crippen molar-refractivity contribution >= 4 is 17.9 Å². The lowest BCUT2D eigenvalue weighted by Gasteiger charge is -2.26. The summed E-state index contributed by atoms with van der Waals surface area (Å²) in [6.07, 6.45) is 5.03. The summed E-state index contributed by atoms with van der Waals surface area (Å²) in [7, 11) is 0. The fourth-order valence-electron chi connectivity index (χ4n) is 2.37. The van der Waals surface area contributed by atoms with Crippen LogP contribution < -0.4 is 10.2 Å². The number of amides is 1. The molecule has 0 unspecified atom stereocenters. The molecule has 0 aliphatic carbocycles. The van der Waals surface area contributed by atoms with Crippen molar-refractivity contribution in [2.24, 2.45) is 0 Å². The molecule has 24 heavy (non-hydrogen) atoms. The summed E-state index contributed by atoms with van der Waals surface area (Å²) in [6.45, 7) is 3.33. The summed E-state index contributed by atoms with van der Waals surface area (Å²) in [5.74, 6) is 0.537. The SMILES string of the molecule is O=C(C=Cc1ccccc1)NCc1ccnc(N2CCOCC2)n1. The third-order valence-electron chi connectivity index (χ3n) is 3.66. The van der Waals surface area contributed by atoms with Gasteiger partial charge in [0.15, 0.2) is 0 Å². The van der Waals surface area contributed by atoms with Crippen LogP contribution in [0.1, 0.15) is 11.3 Å². The smallest absolute Gasteiger partial charge is 0.244 e. The zero-order valence-corrected chi connectivity index (χ0v) is 13.4. The fraction of sp³-hybridized carbons (Fsp3) is 0.278. The monoisotopic (exact) mass is 324 g/mol. The van der Waals surface area contributed by atoms with Crippen LogP contribution in [0.4, 0.5) is 5.95 Å². The molecule has 1 aromatic carbocycles. The standard InChI is InChI=1S/C18H20N4O2/c23-17(7-6-15-4-2-1-3-5-15)20-14-16-8-9-19-18(21-16)22-10-12-24-13-11-22/h1-9H,10-14H2,(H,20,23). The fourth-order valence-corrected chi connectivity index (χ4v) is 2.37. The third-order valence-corrected chi connectivity index (χ3v) is 3.66. The number of ether oxygens (including phenoxy) is 1. The van der Waals surface area contributed by atoms with Gasteiger partial charge in [-0.3, -0.25) is 4.79 Å². The van der Waals surface area contributed by atoms with Crippen LogP contribution in [0.25, 0.3) is 6.08 Å². The van der Waals surface area contributed by atoms with Crippen molar-refractivity contribution < 1.29 is 9.53 Å². The topological polar surface area (TPSA) is 67.4 Å². The summed E-state index contributed by atoms with van der Waals surface area (Å²) in [5.41, 5.74) is 1.78. The molecule has 0 atom stereocenters. The molecule has 0 radical (unpaired) electrons. The lowest BCUT2D eigenvalue weighted by molar-refractivity contribution is -0.116. The molecule has 124 valence electrons. The van der Waals surface area contributed by atoms with Crippen LogP contribution >= 0.6 is 0 Å². The largest absolute Gasteiger partial charge is 0.378 e. The highest BCUT2D eigenvalue weighted by Crippen LogP contribution is 2.09. The second kappa shape index (κ2) is 8.21. The van der Waals surface area contributed by atoms with E-state index in [1.165, 1.54) is 6.08 Å². The Balaban J connectivity index is 1.54. The van der Waals surface area contributed by atoms with Crippen molar-refractivity contribution in [1.82, 2.24) is 15.3 Å². The molecule has 6 nitrogen and oxygen atoms in total. The summed E-state index contributed by atoms with van der Waals surface area (Å²) in [6, 6.07) is 11.5. The summed E-state index contributed by atoms with van der Waals surface area (Å²) < 4.78 is 5.33. The van der Waals surface area contributed by atoms with E-state index < -0.39 is 0 Å². The predicted molar refractivity (Wildman–Crippen MR) is 92.4 cm³/mol. The predicted octanol–water partition coefficient (Wildman–Crippen LogP) is 1.64. The second-order valence-electron chi connectivity index (χ2n) is 5.41. The van der Waals surface area contributed by atoms with Crippen LogP contribution in [0.15, 0.2) is 48.7 Å². The molecule has 1 aromatic heterocycles. The van der Waals surface area contributed by atoms with Crippen molar-refractivity contribution in [2.75, 3.05) is 31.2 Å². The van der Waals surface area contributed by atoms with Crippen molar-refractivity contribution in [3.8, 4) is 0 Å². The summed E-state index contributed by atoms with van der Waals surface area (Å²) in [4.78, 5) is 22.8. The molecule has 6 heteroatoms. The van der Waals surface area contributed by atoms with Crippen molar-refractivity contribution in [3.05, 3.63) is 59.9 Å². The van der Waals surface area contributed by atoms with Gasteiger partial charge >= 0.3 is 0 Å². The van der Waals surface area contributed by atoms with E-state index in [-0.39, 0.29) is 5.91 Å². The number of rotatable bonds is 5. The first-order valence-electron chi connectivity index (χ1n) is 7.97. The highest BCUT2D eigenvalue weighted by molar-refractivity contribution is 5.91. The van der Waals surface area contributed by atoms with Crippen LogP contribution in [-0.4, -0.2) is 42.2 Å². The van der Waals surface area contributed by atoms with Gasteiger partial charge in [0, 0.05) is 25.4 Å². The lowest BCUT2D eigenvalue weighted by atomic mass is 10.2. The quantitative estimate of drug-likeness (QED) is 0.847. The Morgan fingerprint density at radius 2 is 2.00 bits per heavy atom. The normalized spacial score (nSPS) is 14.8. The molecule has 1 saturated heterocycles. The Morgan fingerprint density at radius 1 is 1.21 bits per heavy atom. The van der Waals surface area contributed by atoms with Gasteiger partial charge in [-0.1, -0.05) is 30.3 Å². The van der Waals surface area contributed by atoms with Crippen LogP contribution in [0, 0.1) is 0 Å². The number of nitrogens with zero attached hydrogens (tertiary/aromatic N) is 3. The number of anilines is 1. The maximum atomic E-state index is 11.9. The number of hydrogen-bond donors (Lipinski definition) is 1. The maximum Gasteiger partial charge on any atom is 0.244 e. The van der Waals surface area contributed by atoms with E-state index >= 15 is 0 Å². The zero-order valence-electron chi connectivity index (χ0n) is 13.4. The van der Waals surface area contributed by atoms with E-state index in [1.807, 2.05) is 36.4 Å². The number of carbonyl (C=O) groups is 1. The van der Waals surface area contributed by atoms with E-state index in [9.17, 15) is 4.79 Å². The van der Waals surface area contributed by atoms with Crippen LogP contribution in [0.5, 0.6) is 0 Å². The average molecular weight is 324 g/mol. The Bertz CT molecular complexity index is 697. The zero-order chi connectivity index (χ0) is 16.6. The van der Waals surface area contributed by atoms with E-state index in [1.54, 1.807) is 12.3 Å². The Labute approximate surface area is 141 Å².